The van der Waals surface area contributed by atoms with E-state index in [1.165, 1.54) is 44.9 Å². The normalized spacial score (nSPS) is 21.3. The average molecular weight is 469 g/mol. The van der Waals surface area contributed by atoms with Crippen molar-refractivity contribution < 1.29 is 4.74 Å². The summed E-state index contributed by atoms with van der Waals surface area (Å²) in [6.07, 6.45) is 14.3. The number of nitrogens with zero attached hydrogens (tertiary/aromatic N) is 1. The number of hydrogen-bond acceptors (Lipinski definition) is 3. The molecule has 0 radical (unpaired) electrons. The quantitative estimate of drug-likeness (QED) is 0.244. The van der Waals surface area contributed by atoms with Gasteiger partial charge in [0.05, 0.1) is 0 Å². The molecule has 0 aromatic rings. The molecule has 0 unspecified atom stereocenters. The summed E-state index contributed by atoms with van der Waals surface area (Å²) < 4.78 is 5.81. The first-order chi connectivity index (χ1) is 11.3. The van der Waals surface area contributed by atoms with Crippen molar-refractivity contribution >= 4 is 41.7 Å². The van der Waals surface area contributed by atoms with E-state index >= 15 is 0 Å². The Morgan fingerprint density at radius 3 is 2.50 bits per heavy atom. The van der Waals surface area contributed by atoms with Crippen molar-refractivity contribution in [2.75, 3.05) is 39.6 Å². The molecule has 1 heterocycles. The minimum absolute atomic E-state index is 0. The third-order valence-electron chi connectivity index (χ3n) is 5.44. The smallest absolute Gasteiger partial charge is 0.191 e. The van der Waals surface area contributed by atoms with Crippen molar-refractivity contribution in [3.8, 4) is 0 Å². The van der Waals surface area contributed by atoms with E-state index in [9.17, 15) is 0 Å². The third kappa shape index (κ3) is 7.68. The van der Waals surface area contributed by atoms with Gasteiger partial charge >= 0.3 is 0 Å². The first-order valence-corrected chi connectivity index (χ1v) is 10.6. The van der Waals surface area contributed by atoms with Gasteiger partial charge in [-0.05, 0) is 31.4 Å². The maximum absolute atomic E-state index is 5.51. The molecule has 0 bridgehead atoms. The molecule has 24 heavy (non-hydrogen) atoms. The van der Waals surface area contributed by atoms with Gasteiger partial charge < -0.3 is 15.4 Å². The summed E-state index contributed by atoms with van der Waals surface area (Å²) in [5.41, 5.74) is 0. The lowest BCUT2D eigenvalue weighted by Crippen LogP contribution is -2.48. The van der Waals surface area contributed by atoms with Crippen LogP contribution in [0.1, 0.15) is 57.8 Å². The van der Waals surface area contributed by atoms with E-state index in [1.807, 2.05) is 18.8 Å². The van der Waals surface area contributed by atoms with Crippen molar-refractivity contribution in [1.82, 2.24) is 10.6 Å². The highest BCUT2D eigenvalue weighted by Gasteiger charge is 2.31. The van der Waals surface area contributed by atoms with Crippen LogP contribution in [0.2, 0.25) is 0 Å². The van der Waals surface area contributed by atoms with Gasteiger partial charge in [-0.1, -0.05) is 38.5 Å². The number of guanidine groups is 1. The highest BCUT2D eigenvalue weighted by molar-refractivity contribution is 14.0. The molecule has 0 atom stereocenters. The van der Waals surface area contributed by atoms with Crippen LogP contribution in [-0.4, -0.2) is 50.3 Å². The molecule has 2 fully saturated rings. The Morgan fingerprint density at radius 2 is 1.88 bits per heavy atom. The van der Waals surface area contributed by atoms with Crippen LogP contribution < -0.4 is 10.6 Å². The van der Waals surface area contributed by atoms with Gasteiger partial charge in [0, 0.05) is 38.1 Å². The van der Waals surface area contributed by atoms with E-state index in [-0.39, 0.29) is 24.0 Å². The maximum atomic E-state index is 5.51. The minimum Gasteiger partial charge on any atom is -0.381 e. The lowest BCUT2D eigenvalue weighted by atomic mass is 9.99. The molecule has 2 rings (SSSR count). The SMILES string of the molecule is CN=C(NCCCCC1CCCC1)NCC1(SC)CCOCC1.I. The zero-order valence-corrected chi connectivity index (χ0v) is 18.6. The number of nitrogens with one attached hydrogen (secondary N) is 2. The molecular weight excluding hydrogens is 433 g/mol. The molecular formula is C18H36IN3OS. The molecule has 1 aliphatic heterocycles. The fourth-order valence-electron chi connectivity index (χ4n) is 3.73. The van der Waals surface area contributed by atoms with Crippen LogP contribution in [0.5, 0.6) is 0 Å². The van der Waals surface area contributed by atoms with Crippen LogP contribution in [0.25, 0.3) is 0 Å². The summed E-state index contributed by atoms with van der Waals surface area (Å²) in [6, 6.07) is 0. The Hall–Kier alpha value is 0.310. The number of ether oxygens (including phenoxy) is 1. The van der Waals surface area contributed by atoms with E-state index in [0.717, 1.165) is 51.0 Å². The van der Waals surface area contributed by atoms with Crippen molar-refractivity contribution in [3.63, 3.8) is 0 Å². The Bertz CT molecular complexity index is 356. The van der Waals surface area contributed by atoms with Gasteiger partial charge in [-0.15, -0.1) is 24.0 Å². The Morgan fingerprint density at radius 1 is 1.17 bits per heavy atom. The lowest BCUT2D eigenvalue weighted by Gasteiger charge is -2.36. The largest absolute Gasteiger partial charge is 0.381 e. The Labute approximate surface area is 169 Å². The fraction of sp³-hybridized carbons (Fsp3) is 0.944. The van der Waals surface area contributed by atoms with Crippen LogP contribution in [0.3, 0.4) is 0 Å². The van der Waals surface area contributed by atoms with Crippen molar-refractivity contribution in [2.24, 2.45) is 10.9 Å². The van der Waals surface area contributed by atoms with Gasteiger partial charge in [-0.25, -0.2) is 0 Å². The molecule has 1 saturated carbocycles. The van der Waals surface area contributed by atoms with E-state index in [4.69, 9.17) is 4.74 Å². The molecule has 2 aliphatic rings. The van der Waals surface area contributed by atoms with Crippen LogP contribution in [0.15, 0.2) is 4.99 Å². The Kier molecular flexibility index (Phi) is 11.8. The summed E-state index contributed by atoms with van der Waals surface area (Å²) in [6.45, 7) is 3.77. The summed E-state index contributed by atoms with van der Waals surface area (Å²) in [5.74, 6) is 1.97. The van der Waals surface area contributed by atoms with Gasteiger partial charge in [0.15, 0.2) is 5.96 Å². The first kappa shape index (κ1) is 22.4. The molecule has 0 spiro atoms. The predicted octanol–water partition coefficient (Wildman–Crippen LogP) is 4.04. The Balaban J connectivity index is 0.00000288. The van der Waals surface area contributed by atoms with Gasteiger partial charge in [0.2, 0.25) is 0 Å². The number of aliphatic imine (C=N–C) groups is 1. The number of thioether (sulfide) groups is 1. The molecule has 1 saturated heterocycles. The standard InChI is InChI=1S/C18H35N3OS.HI/c1-19-17(20-12-6-5-9-16-7-3-4-8-16)21-15-18(23-2)10-13-22-14-11-18;/h16H,3-15H2,1-2H3,(H2,19,20,21);1H. The second-order valence-corrected chi connectivity index (χ2v) is 8.27. The molecule has 4 nitrogen and oxygen atoms in total. The number of hydrogen-bond donors (Lipinski definition) is 2. The lowest BCUT2D eigenvalue weighted by molar-refractivity contribution is 0.0783. The second-order valence-electron chi connectivity index (χ2n) is 7.00. The zero-order valence-electron chi connectivity index (χ0n) is 15.4. The van der Waals surface area contributed by atoms with Crippen LogP contribution in [0, 0.1) is 5.92 Å². The highest BCUT2D eigenvalue weighted by Crippen LogP contribution is 2.33. The molecule has 0 aromatic heterocycles. The van der Waals surface area contributed by atoms with Gasteiger partial charge in [-0.2, -0.15) is 11.8 Å². The van der Waals surface area contributed by atoms with E-state index in [1.54, 1.807) is 0 Å². The molecule has 2 N–H and O–H groups in total. The minimum atomic E-state index is 0. The molecule has 1 aliphatic carbocycles. The topological polar surface area (TPSA) is 45.7 Å². The molecule has 142 valence electrons. The van der Waals surface area contributed by atoms with Crippen LogP contribution in [0.4, 0.5) is 0 Å². The van der Waals surface area contributed by atoms with Gasteiger partial charge in [0.25, 0.3) is 0 Å². The summed E-state index contributed by atoms with van der Waals surface area (Å²) in [5, 5.41) is 7.00. The van der Waals surface area contributed by atoms with E-state index in [0.29, 0.717) is 4.75 Å². The monoisotopic (exact) mass is 469 g/mol. The van der Waals surface area contributed by atoms with Crippen LogP contribution in [-0.2, 0) is 4.74 Å². The van der Waals surface area contributed by atoms with E-state index in [2.05, 4.69) is 21.9 Å². The third-order valence-corrected chi connectivity index (χ3v) is 6.86. The molecule has 0 amide bonds. The van der Waals surface area contributed by atoms with Crippen LogP contribution >= 0.6 is 35.7 Å². The molecule has 6 heteroatoms. The number of unbranched alkanes of at least 4 members (excludes halogenated alkanes) is 1. The van der Waals surface area contributed by atoms with Crippen molar-refractivity contribution in [1.29, 1.82) is 0 Å². The van der Waals surface area contributed by atoms with E-state index < -0.39 is 0 Å². The summed E-state index contributed by atoms with van der Waals surface area (Å²) in [7, 11) is 1.86. The molecule has 0 aromatic carbocycles. The van der Waals surface area contributed by atoms with Gasteiger partial charge in [-0.3, -0.25) is 4.99 Å². The average Bonchev–Trinajstić information content (AvgIpc) is 3.11. The summed E-state index contributed by atoms with van der Waals surface area (Å²) >= 11 is 1.97. The van der Waals surface area contributed by atoms with Gasteiger partial charge in [0.1, 0.15) is 0 Å². The highest BCUT2D eigenvalue weighted by atomic mass is 127. The fourth-order valence-corrected chi connectivity index (χ4v) is 4.52. The summed E-state index contributed by atoms with van der Waals surface area (Å²) in [4.78, 5) is 4.37. The second kappa shape index (κ2) is 12.6. The number of halogens is 1. The zero-order chi connectivity index (χ0) is 16.4. The maximum Gasteiger partial charge on any atom is 0.191 e. The number of rotatable bonds is 8. The van der Waals surface area contributed by atoms with Crippen molar-refractivity contribution in [3.05, 3.63) is 0 Å². The van der Waals surface area contributed by atoms with Crippen molar-refractivity contribution in [2.45, 2.75) is 62.5 Å². The first-order valence-electron chi connectivity index (χ1n) is 9.35. The predicted molar refractivity (Wildman–Crippen MR) is 117 cm³/mol.